The third-order valence-corrected chi connectivity index (χ3v) is 3.44. The molecule has 94 valence electrons. The van der Waals surface area contributed by atoms with Gasteiger partial charge in [0.15, 0.2) is 0 Å². The Balaban J connectivity index is 2.64. The minimum Gasteiger partial charge on any atom is -0.386 e. The molecule has 18 heavy (non-hydrogen) atoms. The topological polar surface area (TPSA) is 20.2 Å². The van der Waals surface area contributed by atoms with Crippen LogP contribution in [0.15, 0.2) is 46.9 Å². The molecule has 0 fully saturated rings. The van der Waals surface area contributed by atoms with E-state index >= 15 is 0 Å². The summed E-state index contributed by atoms with van der Waals surface area (Å²) < 4.78 is 0.926. The lowest BCUT2D eigenvalue weighted by molar-refractivity contribution is 0.0792. The molecule has 0 unspecified atom stereocenters. The maximum Gasteiger partial charge on any atom is 0.0846 e. The van der Waals surface area contributed by atoms with E-state index in [0.29, 0.717) is 5.02 Å². The molecule has 0 atom stereocenters. The predicted octanol–water partition coefficient (Wildman–Crippen LogP) is 5.00. The van der Waals surface area contributed by atoms with Crippen LogP contribution < -0.4 is 0 Å². The van der Waals surface area contributed by atoms with E-state index in [1.807, 2.05) is 42.5 Å². The molecule has 0 amide bonds. The molecule has 2 aromatic carbocycles. The number of hydrogen-bond donors (Lipinski definition) is 1. The zero-order chi connectivity index (χ0) is 13.3. The van der Waals surface area contributed by atoms with Gasteiger partial charge in [-0.2, -0.15) is 0 Å². The summed E-state index contributed by atoms with van der Waals surface area (Å²) in [6.45, 7) is 3.57. The largest absolute Gasteiger partial charge is 0.386 e. The second-order valence-corrected chi connectivity index (χ2v) is 6.11. The molecule has 1 nitrogen and oxygen atoms in total. The molecule has 2 rings (SSSR count). The van der Waals surface area contributed by atoms with Gasteiger partial charge >= 0.3 is 0 Å². The van der Waals surface area contributed by atoms with Crippen LogP contribution in [0.5, 0.6) is 0 Å². The van der Waals surface area contributed by atoms with E-state index in [9.17, 15) is 5.11 Å². The molecule has 0 bridgehead atoms. The van der Waals surface area contributed by atoms with Crippen LogP contribution >= 0.6 is 27.5 Å². The second-order valence-electron chi connectivity index (χ2n) is 4.76. The van der Waals surface area contributed by atoms with Gasteiger partial charge < -0.3 is 5.11 Å². The van der Waals surface area contributed by atoms with Crippen LogP contribution in [0.3, 0.4) is 0 Å². The Morgan fingerprint density at radius 1 is 1.11 bits per heavy atom. The van der Waals surface area contributed by atoms with E-state index in [4.69, 9.17) is 11.6 Å². The summed E-state index contributed by atoms with van der Waals surface area (Å²) in [5, 5.41) is 10.9. The molecule has 0 saturated carbocycles. The first kappa shape index (κ1) is 13.6. The van der Waals surface area contributed by atoms with Crippen molar-refractivity contribution < 1.29 is 5.11 Å². The molecule has 0 radical (unpaired) electrons. The minimum atomic E-state index is -0.884. The van der Waals surface area contributed by atoms with Gasteiger partial charge in [-0.3, -0.25) is 0 Å². The number of hydrogen-bond acceptors (Lipinski definition) is 1. The Kier molecular flexibility index (Phi) is 3.81. The average Bonchev–Trinajstić information content (AvgIpc) is 2.26. The van der Waals surface area contributed by atoms with E-state index in [0.717, 1.165) is 21.2 Å². The summed E-state index contributed by atoms with van der Waals surface area (Å²) in [6.07, 6.45) is 0. The maximum absolute atomic E-state index is 10.2. The molecule has 0 heterocycles. The summed E-state index contributed by atoms with van der Waals surface area (Å²) in [4.78, 5) is 0. The van der Waals surface area contributed by atoms with Gasteiger partial charge in [0.25, 0.3) is 0 Å². The van der Waals surface area contributed by atoms with Gasteiger partial charge in [-0.05, 0) is 48.7 Å². The van der Waals surface area contributed by atoms with Gasteiger partial charge in [0.1, 0.15) is 0 Å². The number of halogens is 2. The van der Waals surface area contributed by atoms with Crippen LogP contribution in [0.1, 0.15) is 19.4 Å². The first-order valence-electron chi connectivity index (χ1n) is 5.66. The quantitative estimate of drug-likeness (QED) is 0.824. The third kappa shape index (κ3) is 2.94. The first-order chi connectivity index (χ1) is 8.38. The monoisotopic (exact) mass is 324 g/mol. The van der Waals surface area contributed by atoms with Crippen molar-refractivity contribution in [1.82, 2.24) is 0 Å². The SMILES string of the molecule is CC(C)(O)c1ccccc1-c1cc(Cl)cc(Br)c1. The molecule has 0 saturated heterocycles. The van der Waals surface area contributed by atoms with E-state index in [2.05, 4.69) is 15.9 Å². The van der Waals surface area contributed by atoms with Crippen molar-refractivity contribution in [2.24, 2.45) is 0 Å². The van der Waals surface area contributed by atoms with Crippen molar-refractivity contribution in [3.8, 4) is 11.1 Å². The molecule has 0 aliphatic carbocycles. The van der Waals surface area contributed by atoms with Crippen LogP contribution in [0, 0.1) is 0 Å². The highest BCUT2D eigenvalue weighted by molar-refractivity contribution is 9.10. The zero-order valence-electron chi connectivity index (χ0n) is 10.2. The molecular formula is C15H14BrClO. The van der Waals surface area contributed by atoms with E-state index in [1.54, 1.807) is 13.8 Å². The van der Waals surface area contributed by atoms with Crippen LogP contribution in [0.2, 0.25) is 5.02 Å². The average molecular weight is 326 g/mol. The lowest BCUT2D eigenvalue weighted by atomic mass is 9.90. The van der Waals surface area contributed by atoms with Crippen molar-refractivity contribution in [2.45, 2.75) is 19.4 Å². The summed E-state index contributed by atoms with van der Waals surface area (Å²) in [6, 6.07) is 13.6. The second kappa shape index (κ2) is 5.04. The van der Waals surface area contributed by atoms with Gasteiger partial charge in [0, 0.05) is 9.50 Å². The highest BCUT2D eigenvalue weighted by atomic mass is 79.9. The third-order valence-electron chi connectivity index (χ3n) is 2.76. The molecule has 1 N–H and O–H groups in total. The zero-order valence-corrected chi connectivity index (χ0v) is 12.6. The predicted molar refractivity (Wildman–Crippen MR) is 79.8 cm³/mol. The summed E-state index contributed by atoms with van der Waals surface area (Å²) in [7, 11) is 0. The number of rotatable bonds is 2. The molecule has 0 aliphatic heterocycles. The van der Waals surface area contributed by atoms with Crippen molar-refractivity contribution in [3.05, 3.63) is 57.5 Å². The fraction of sp³-hybridized carbons (Fsp3) is 0.200. The van der Waals surface area contributed by atoms with Crippen molar-refractivity contribution >= 4 is 27.5 Å². The Bertz CT molecular complexity index is 553. The Morgan fingerprint density at radius 3 is 2.39 bits per heavy atom. The fourth-order valence-corrected chi connectivity index (χ4v) is 2.84. The minimum absolute atomic E-state index is 0.671. The van der Waals surface area contributed by atoms with Crippen LogP contribution in [0.25, 0.3) is 11.1 Å². The van der Waals surface area contributed by atoms with Crippen molar-refractivity contribution in [3.63, 3.8) is 0 Å². The van der Waals surface area contributed by atoms with Gasteiger partial charge in [-0.1, -0.05) is 51.8 Å². The van der Waals surface area contributed by atoms with Crippen LogP contribution in [-0.4, -0.2) is 5.11 Å². The van der Waals surface area contributed by atoms with E-state index in [-0.39, 0.29) is 0 Å². The van der Waals surface area contributed by atoms with Crippen molar-refractivity contribution in [1.29, 1.82) is 0 Å². The molecule has 2 aromatic rings. The van der Waals surface area contributed by atoms with Crippen molar-refractivity contribution in [2.75, 3.05) is 0 Å². The lowest BCUT2D eigenvalue weighted by Gasteiger charge is -2.22. The summed E-state index contributed by atoms with van der Waals surface area (Å²) >= 11 is 9.51. The maximum atomic E-state index is 10.2. The fourth-order valence-electron chi connectivity index (χ4n) is 1.98. The first-order valence-corrected chi connectivity index (χ1v) is 6.83. The van der Waals surface area contributed by atoms with Crippen LogP contribution in [-0.2, 0) is 5.60 Å². The highest BCUT2D eigenvalue weighted by Gasteiger charge is 2.20. The summed E-state index contributed by atoms with van der Waals surface area (Å²) in [5.41, 5.74) is 1.99. The summed E-state index contributed by atoms with van der Waals surface area (Å²) in [5.74, 6) is 0. The Hall–Kier alpha value is -0.830. The lowest BCUT2D eigenvalue weighted by Crippen LogP contribution is -2.16. The van der Waals surface area contributed by atoms with Crippen LogP contribution in [0.4, 0.5) is 0 Å². The molecule has 0 spiro atoms. The highest BCUT2D eigenvalue weighted by Crippen LogP contribution is 2.34. The van der Waals surface area contributed by atoms with E-state index in [1.165, 1.54) is 0 Å². The molecule has 0 aliphatic rings. The number of benzene rings is 2. The molecular weight excluding hydrogens is 312 g/mol. The number of aliphatic hydroxyl groups is 1. The standard InChI is InChI=1S/C15H14BrClO/c1-15(2,18)14-6-4-3-5-13(14)10-7-11(16)9-12(17)8-10/h3-9,18H,1-2H3. The van der Waals surface area contributed by atoms with Gasteiger partial charge in [-0.15, -0.1) is 0 Å². The van der Waals surface area contributed by atoms with Gasteiger partial charge in [-0.25, -0.2) is 0 Å². The normalized spacial score (nSPS) is 11.6. The molecule has 3 heteroatoms. The Morgan fingerprint density at radius 2 is 1.78 bits per heavy atom. The van der Waals surface area contributed by atoms with Gasteiger partial charge in [0.05, 0.1) is 5.60 Å². The van der Waals surface area contributed by atoms with Gasteiger partial charge in [0.2, 0.25) is 0 Å². The Labute approximate surface area is 121 Å². The smallest absolute Gasteiger partial charge is 0.0846 e. The molecule has 0 aromatic heterocycles. The van der Waals surface area contributed by atoms with E-state index < -0.39 is 5.60 Å².